The second kappa shape index (κ2) is 6.58. The van der Waals surface area contributed by atoms with Gasteiger partial charge < -0.3 is 0 Å². The van der Waals surface area contributed by atoms with Crippen molar-refractivity contribution in [3.8, 4) is 0 Å². The number of nitro benzene ring substituents is 1. The molecule has 0 spiro atoms. The molecule has 0 unspecified atom stereocenters. The number of carbonyl (C=O) groups is 1. The predicted octanol–water partition coefficient (Wildman–Crippen LogP) is 4.12. The summed E-state index contributed by atoms with van der Waals surface area (Å²) in [5.74, 6) is 0.156. The monoisotopic (exact) mass is 324 g/mol. The van der Waals surface area contributed by atoms with Gasteiger partial charge in [0, 0.05) is 23.1 Å². The van der Waals surface area contributed by atoms with Crippen LogP contribution in [0.1, 0.15) is 10.4 Å². The number of nitro groups is 1. The first-order valence-corrected chi connectivity index (χ1v) is 7.88. The minimum Gasteiger partial charge on any atom is -0.293 e. The molecule has 23 heavy (non-hydrogen) atoms. The summed E-state index contributed by atoms with van der Waals surface area (Å²) in [6.45, 7) is 0. The van der Waals surface area contributed by atoms with Crippen molar-refractivity contribution < 1.29 is 9.72 Å². The Labute approximate surface area is 136 Å². The van der Waals surface area contributed by atoms with E-state index in [2.05, 4.69) is 4.98 Å². The van der Waals surface area contributed by atoms with Gasteiger partial charge in [-0.25, -0.2) is 4.98 Å². The Morgan fingerprint density at radius 1 is 1.04 bits per heavy atom. The third-order valence-corrected chi connectivity index (χ3v) is 4.25. The van der Waals surface area contributed by atoms with Crippen molar-refractivity contribution >= 4 is 34.1 Å². The summed E-state index contributed by atoms with van der Waals surface area (Å²) in [6.07, 6.45) is 0. The minimum atomic E-state index is -0.484. The van der Waals surface area contributed by atoms with E-state index < -0.39 is 4.92 Å². The fourth-order valence-corrected chi connectivity index (χ4v) is 2.89. The first-order chi connectivity index (χ1) is 11.1. The molecule has 0 fully saturated rings. The number of para-hydroxylation sites is 1. The van der Waals surface area contributed by atoms with Crippen LogP contribution in [0.3, 0.4) is 0 Å². The van der Waals surface area contributed by atoms with E-state index in [-0.39, 0.29) is 17.2 Å². The van der Waals surface area contributed by atoms with Crippen LogP contribution in [0.15, 0.2) is 65.7 Å². The molecule has 1 heterocycles. The number of aromatic nitrogens is 1. The molecular weight excluding hydrogens is 312 g/mol. The third-order valence-electron chi connectivity index (χ3n) is 3.32. The second-order valence-corrected chi connectivity index (χ2v) is 5.85. The summed E-state index contributed by atoms with van der Waals surface area (Å²) in [5.41, 5.74) is 1.33. The number of Topliss-reactive ketones (excluding diaryl/α,β-unsaturated/α-hetero) is 1. The van der Waals surface area contributed by atoms with Crippen LogP contribution in [-0.4, -0.2) is 21.4 Å². The second-order valence-electron chi connectivity index (χ2n) is 4.86. The predicted molar refractivity (Wildman–Crippen MR) is 89.9 cm³/mol. The van der Waals surface area contributed by atoms with Gasteiger partial charge in [-0.2, -0.15) is 0 Å². The van der Waals surface area contributed by atoms with E-state index in [0.717, 1.165) is 15.9 Å². The highest BCUT2D eigenvalue weighted by Gasteiger charge is 2.10. The van der Waals surface area contributed by atoms with E-state index in [1.165, 1.54) is 36.0 Å². The van der Waals surface area contributed by atoms with Gasteiger partial charge in [0.1, 0.15) is 0 Å². The van der Waals surface area contributed by atoms with Gasteiger partial charge in [0.15, 0.2) is 5.78 Å². The smallest absolute Gasteiger partial charge is 0.269 e. The van der Waals surface area contributed by atoms with Crippen molar-refractivity contribution in [1.82, 2.24) is 4.98 Å². The van der Waals surface area contributed by atoms with Gasteiger partial charge in [0.05, 0.1) is 21.2 Å². The summed E-state index contributed by atoms with van der Waals surface area (Å²) in [4.78, 5) is 26.8. The van der Waals surface area contributed by atoms with Crippen molar-refractivity contribution in [1.29, 1.82) is 0 Å². The molecule has 3 aromatic rings. The molecule has 0 radical (unpaired) electrons. The zero-order chi connectivity index (χ0) is 16.2. The number of pyridine rings is 1. The first-order valence-electron chi connectivity index (χ1n) is 6.90. The largest absolute Gasteiger partial charge is 0.293 e. The molecule has 3 rings (SSSR count). The Kier molecular flexibility index (Phi) is 4.34. The summed E-state index contributed by atoms with van der Waals surface area (Å²) in [5, 5.41) is 12.4. The molecule has 0 aliphatic carbocycles. The lowest BCUT2D eigenvalue weighted by Gasteiger charge is -2.03. The van der Waals surface area contributed by atoms with E-state index in [1.54, 1.807) is 0 Å². The van der Waals surface area contributed by atoms with Gasteiger partial charge in [0.25, 0.3) is 5.69 Å². The van der Waals surface area contributed by atoms with Crippen LogP contribution in [0.5, 0.6) is 0 Å². The lowest BCUT2D eigenvalue weighted by molar-refractivity contribution is -0.384. The van der Waals surface area contributed by atoms with Crippen LogP contribution in [0.2, 0.25) is 0 Å². The van der Waals surface area contributed by atoms with E-state index in [4.69, 9.17) is 0 Å². The molecule has 2 aromatic carbocycles. The van der Waals surface area contributed by atoms with E-state index in [0.29, 0.717) is 5.56 Å². The summed E-state index contributed by atoms with van der Waals surface area (Å²) in [6, 6.07) is 17.3. The highest BCUT2D eigenvalue weighted by atomic mass is 32.2. The Hall–Kier alpha value is -2.73. The van der Waals surface area contributed by atoms with Crippen molar-refractivity contribution in [2.24, 2.45) is 0 Å². The average Bonchev–Trinajstić information content (AvgIpc) is 2.59. The number of rotatable bonds is 5. The maximum Gasteiger partial charge on any atom is 0.269 e. The highest BCUT2D eigenvalue weighted by molar-refractivity contribution is 7.99. The standard InChI is InChI=1S/C17H12N2O3S/c20-16(13-5-8-14(9-6-13)19(21)22)11-23-17-10-7-12-3-1-2-4-15(12)18-17/h1-10H,11H2. The van der Waals surface area contributed by atoms with E-state index in [9.17, 15) is 14.9 Å². The number of fused-ring (bicyclic) bond motifs is 1. The first kappa shape index (κ1) is 15.2. The molecule has 114 valence electrons. The molecule has 0 aliphatic heterocycles. The number of ketones is 1. The third kappa shape index (κ3) is 3.54. The molecule has 0 amide bonds. The van der Waals surface area contributed by atoms with Gasteiger partial charge in [-0.1, -0.05) is 36.0 Å². The molecule has 6 heteroatoms. The summed E-state index contributed by atoms with van der Waals surface area (Å²) >= 11 is 1.35. The van der Waals surface area contributed by atoms with Crippen LogP contribution in [0.25, 0.3) is 10.9 Å². The summed E-state index contributed by atoms with van der Waals surface area (Å²) in [7, 11) is 0. The number of carbonyl (C=O) groups excluding carboxylic acids is 1. The van der Waals surface area contributed by atoms with Gasteiger partial charge in [0.2, 0.25) is 0 Å². The normalized spacial score (nSPS) is 10.6. The highest BCUT2D eigenvalue weighted by Crippen LogP contribution is 2.21. The van der Waals surface area contributed by atoms with Crippen LogP contribution >= 0.6 is 11.8 Å². The number of hydrogen-bond donors (Lipinski definition) is 0. The van der Waals surface area contributed by atoms with Crippen LogP contribution in [0, 0.1) is 10.1 Å². The van der Waals surface area contributed by atoms with E-state index in [1.807, 2.05) is 36.4 Å². The summed E-state index contributed by atoms with van der Waals surface area (Å²) < 4.78 is 0. The molecule has 0 bridgehead atoms. The fourth-order valence-electron chi connectivity index (χ4n) is 2.12. The molecular formula is C17H12N2O3S. The van der Waals surface area contributed by atoms with Crippen LogP contribution < -0.4 is 0 Å². The minimum absolute atomic E-state index is 0.0228. The lowest BCUT2D eigenvalue weighted by Crippen LogP contribution is -2.02. The zero-order valence-corrected chi connectivity index (χ0v) is 12.8. The van der Waals surface area contributed by atoms with Gasteiger partial charge in [-0.3, -0.25) is 14.9 Å². The molecule has 0 atom stereocenters. The Balaban J connectivity index is 1.68. The quantitative estimate of drug-likeness (QED) is 0.305. The van der Waals surface area contributed by atoms with Crippen molar-refractivity contribution in [2.45, 2.75) is 5.03 Å². The van der Waals surface area contributed by atoms with Crippen molar-refractivity contribution in [2.75, 3.05) is 5.75 Å². The molecule has 0 saturated carbocycles. The van der Waals surface area contributed by atoms with Gasteiger partial charge >= 0.3 is 0 Å². The van der Waals surface area contributed by atoms with Crippen molar-refractivity contribution in [3.05, 3.63) is 76.3 Å². The number of thioether (sulfide) groups is 1. The number of hydrogen-bond acceptors (Lipinski definition) is 5. The zero-order valence-electron chi connectivity index (χ0n) is 12.0. The SMILES string of the molecule is O=C(CSc1ccc2ccccc2n1)c1ccc([N+](=O)[O-])cc1. The maximum absolute atomic E-state index is 12.1. The average molecular weight is 324 g/mol. The fraction of sp³-hybridized carbons (Fsp3) is 0.0588. The molecule has 0 saturated heterocycles. The lowest BCUT2D eigenvalue weighted by atomic mass is 10.1. The maximum atomic E-state index is 12.1. The van der Waals surface area contributed by atoms with Gasteiger partial charge in [-0.05, 0) is 24.3 Å². The Morgan fingerprint density at radius 2 is 1.78 bits per heavy atom. The van der Waals surface area contributed by atoms with Gasteiger partial charge in [-0.15, -0.1) is 0 Å². The Bertz CT molecular complexity index is 878. The van der Waals surface area contributed by atoms with E-state index >= 15 is 0 Å². The Morgan fingerprint density at radius 3 is 2.52 bits per heavy atom. The van der Waals surface area contributed by atoms with Crippen molar-refractivity contribution in [3.63, 3.8) is 0 Å². The molecule has 0 aliphatic rings. The van der Waals surface area contributed by atoms with Crippen LogP contribution in [-0.2, 0) is 0 Å². The van der Waals surface area contributed by atoms with Crippen LogP contribution in [0.4, 0.5) is 5.69 Å². The molecule has 0 N–H and O–H groups in total. The molecule has 5 nitrogen and oxygen atoms in total. The number of non-ortho nitro benzene ring substituents is 1. The molecule has 1 aromatic heterocycles. The topological polar surface area (TPSA) is 73.1 Å². The number of benzene rings is 2. The number of nitrogens with zero attached hydrogens (tertiary/aromatic N) is 2.